The summed E-state index contributed by atoms with van der Waals surface area (Å²) in [6.45, 7) is 0. The molecule has 0 bridgehead atoms. The van der Waals surface area contributed by atoms with Gasteiger partial charge >= 0.3 is 0 Å². The molecule has 1 aliphatic carbocycles. The highest BCUT2D eigenvalue weighted by molar-refractivity contribution is 6.21. The standard InChI is InChI=1S/C42H28O/c1-2-11-28(12-3-1)40-33-15-6-8-17-35(33)41(36-18-9-7-16-34(36)40)29-23-21-27(22-24-29)32-19-10-20-37-38-25-30-13-4-5-14-31(30)26-39(38)43-42(32)37/h1-9,11-19,21-26H,10,20H2. The van der Waals surface area contributed by atoms with Crippen LogP contribution in [0, 0.1) is 0 Å². The predicted molar refractivity (Wildman–Crippen MR) is 181 cm³/mol. The summed E-state index contributed by atoms with van der Waals surface area (Å²) in [5.41, 5.74) is 9.75. The number of hydrogen-bond donors (Lipinski definition) is 0. The van der Waals surface area contributed by atoms with Gasteiger partial charge in [-0.1, -0.05) is 133 Å². The fourth-order valence-electron chi connectivity index (χ4n) is 7.17. The van der Waals surface area contributed by atoms with Crippen molar-refractivity contribution in [1.29, 1.82) is 0 Å². The Morgan fingerprint density at radius 1 is 0.442 bits per heavy atom. The average Bonchev–Trinajstić information content (AvgIpc) is 3.44. The second-order valence-corrected chi connectivity index (χ2v) is 11.5. The topological polar surface area (TPSA) is 13.1 Å². The Kier molecular flexibility index (Phi) is 5.39. The first-order valence-electron chi connectivity index (χ1n) is 15.1. The fourth-order valence-corrected chi connectivity index (χ4v) is 7.17. The molecule has 0 atom stereocenters. The highest BCUT2D eigenvalue weighted by Crippen LogP contribution is 2.44. The van der Waals surface area contributed by atoms with Crippen LogP contribution in [0.3, 0.4) is 0 Å². The molecule has 0 N–H and O–H groups in total. The summed E-state index contributed by atoms with van der Waals surface area (Å²) in [7, 11) is 0. The van der Waals surface area contributed by atoms with E-state index in [4.69, 9.17) is 4.42 Å². The van der Waals surface area contributed by atoms with Gasteiger partial charge in [-0.05, 0) is 85.1 Å². The van der Waals surface area contributed by atoms with E-state index in [1.165, 1.54) is 76.7 Å². The number of benzene rings is 7. The minimum atomic E-state index is 0.976. The fraction of sp³-hybridized carbons (Fsp3) is 0.0476. The van der Waals surface area contributed by atoms with Crippen molar-refractivity contribution in [3.8, 4) is 22.3 Å². The molecule has 7 aromatic carbocycles. The Hall–Kier alpha value is -5.40. The average molecular weight is 549 g/mol. The van der Waals surface area contributed by atoms with Crippen LogP contribution in [-0.2, 0) is 6.42 Å². The molecular formula is C42H28O. The van der Waals surface area contributed by atoms with E-state index in [-0.39, 0.29) is 0 Å². The van der Waals surface area contributed by atoms with Crippen LogP contribution in [0.25, 0.3) is 71.1 Å². The molecule has 1 heterocycles. The zero-order chi connectivity index (χ0) is 28.3. The van der Waals surface area contributed by atoms with Gasteiger partial charge in [0.2, 0.25) is 0 Å². The van der Waals surface area contributed by atoms with Crippen LogP contribution < -0.4 is 0 Å². The summed E-state index contributed by atoms with van der Waals surface area (Å²) >= 11 is 0. The van der Waals surface area contributed by atoms with Crippen molar-refractivity contribution in [1.82, 2.24) is 0 Å². The van der Waals surface area contributed by atoms with Gasteiger partial charge in [0.1, 0.15) is 11.3 Å². The molecule has 202 valence electrons. The molecule has 9 rings (SSSR count). The molecule has 43 heavy (non-hydrogen) atoms. The lowest BCUT2D eigenvalue weighted by Gasteiger charge is -2.18. The van der Waals surface area contributed by atoms with E-state index in [0.29, 0.717) is 0 Å². The van der Waals surface area contributed by atoms with Crippen molar-refractivity contribution in [2.75, 3.05) is 0 Å². The van der Waals surface area contributed by atoms with Gasteiger partial charge < -0.3 is 4.42 Å². The lowest BCUT2D eigenvalue weighted by Crippen LogP contribution is -1.98. The Morgan fingerprint density at radius 2 is 0.953 bits per heavy atom. The first-order valence-corrected chi connectivity index (χ1v) is 15.1. The van der Waals surface area contributed by atoms with Crippen LogP contribution in [-0.4, -0.2) is 0 Å². The third kappa shape index (κ3) is 3.78. The summed E-state index contributed by atoms with van der Waals surface area (Å²) in [4.78, 5) is 0. The molecule has 0 fully saturated rings. The Morgan fingerprint density at radius 3 is 1.58 bits per heavy atom. The maximum atomic E-state index is 6.58. The number of fused-ring (bicyclic) bond motifs is 6. The van der Waals surface area contributed by atoms with Crippen molar-refractivity contribution < 1.29 is 4.42 Å². The van der Waals surface area contributed by atoms with E-state index in [9.17, 15) is 0 Å². The summed E-state index contributed by atoms with van der Waals surface area (Å²) < 4.78 is 6.58. The lowest BCUT2D eigenvalue weighted by molar-refractivity contribution is 0.591. The zero-order valence-corrected chi connectivity index (χ0v) is 23.7. The van der Waals surface area contributed by atoms with Crippen molar-refractivity contribution in [2.45, 2.75) is 12.8 Å². The molecule has 0 aliphatic heterocycles. The second-order valence-electron chi connectivity index (χ2n) is 11.5. The molecule has 0 saturated carbocycles. The molecule has 0 amide bonds. The minimum absolute atomic E-state index is 0.976. The van der Waals surface area contributed by atoms with Crippen molar-refractivity contribution in [3.63, 3.8) is 0 Å². The van der Waals surface area contributed by atoms with E-state index in [0.717, 1.165) is 24.2 Å². The van der Waals surface area contributed by atoms with Gasteiger partial charge in [0.05, 0.1) is 0 Å². The Bertz CT molecular complexity index is 2310. The predicted octanol–water partition coefficient (Wildman–Crippen LogP) is 11.6. The molecule has 0 spiro atoms. The third-order valence-corrected chi connectivity index (χ3v) is 9.13. The van der Waals surface area contributed by atoms with E-state index >= 15 is 0 Å². The number of aryl methyl sites for hydroxylation is 1. The lowest BCUT2D eigenvalue weighted by atomic mass is 9.85. The Labute approximate surface area is 250 Å². The minimum Gasteiger partial charge on any atom is -0.456 e. The van der Waals surface area contributed by atoms with Crippen molar-refractivity contribution >= 4 is 48.9 Å². The number of hydrogen-bond acceptors (Lipinski definition) is 1. The van der Waals surface area contributed by atoms with E-state index < -0.39 is 0 Å². The van der Waals surface area contributed by atoms with Crippen molar-refractivity contribution in [2.24, 2.45) is 0 Å². The quantitative estimate of drug-likeness (QED) is 0.200. The molecule has 0 radical (unpaired) electrons. The zero-order valence-electron chi connectivity index (χ0n) is 23.7. The molecular weight excluding hydrogens is 520 g/mol. The second kappa shape index (κ2) is 9.58. The maximum absolute atomic E-state index is 6.58. The highest BCUT2D eigenvalue weighted by Gasteiger charge is 2.23. The SMILES string of the molecule is C1=C(c2ccc(-c3c4ccccc4c(-c4ccccc4)c4ccccc34)cc2)c2oc3cc4ccccc4cc3c2CC1. The molecule has 8 aromatic rings. The van der Waals surface area contributed by atoms with Gasteiger partial charge in [0.15, 0.2) is 0 Å². The van der Waals surface area contributed by atoms with Crippen LogP contribution in [0.5, 0.6) is 0 Å². The molecule has 1 nitrogen and oxygen atoms in total. The molecule has 0 unspecified atom stereocenters. The van der Waals surface area contributed by atoms with E-state index in [1.54, 1.807) is 0 Å². The van der Waals surface area contributed by atoms with Gasteiger partial charge in [-0.25, -0.2) is 0 Å². The Balaban J connectivity index is 1.20. The van der Waals surface area contributed by atoms with Crippen LogP contribution in [0.2, 0.25) is 0 Å². The van der Waals surface area contributed by atoms with Crippen molar-refractivity contribution in [3.05, 3.63) is 162 Å². The third-order valence-electron chi connectivity index (χ3n) is 9.13. The maximum Gasteiger partial charge on any atom is 0.138 e. The van der Waals surface area contributed by atoms with Crippen LogP contribution in [0.15, 0.2) is 150 Å². The largest absolute Gasteiger partial charge is 0.456 e. The number of allylic oxidation sites excluding steroid dienone is 1. The smallest absolute Gasteiger partial charge is 0.138 e. The van der Waals surface area contributed by atoms with Crippen LogP contribution >= 0.6 is 0 Å². The number of rotatable bonds is 3. The van der Waals surface area contributed by atoms with Gasteiger partial charge in [0.25, 0.3) is 0 Å². The summed E-state index contributed by atoms with van der Waals surface area (Å²) in [5.74, 6) is 1.02. The molecule has 1 heteroatoms. The molecule has 1 aliphatic rings. The van der Waals surface area contributed by atoms with E-state index in [2.05, 4.69) is 146 Å². The summed E-state index contributed by atoms with van der Waals surface area (Å²) in [5, 5.41) is 8.83. The summed E-state index contributed by atoms with van der Waals surface area (Å²) in [6.07, 6.45) is 4.37. The molecule has 1 aromatic heterocycles. The first kappa shape index (κ1) is 24.2. The highest BCUT2D eigenvalue weighted by atomic mass is 16.3. The molecule has 0 saturated heterocycles. The van der Waals surface area contributed by atoms with Gasteiger partial charge in [0, 0.05) is 16.5 Å². The van der Waals surface area contributed by atoms with Gasteiger partial charge in [-0.2, -0.15) is 0 Å². The first-order chi connectivity index (χ1) is 21.3. The normalized spacial score (nSPS) is 13.1. The van der Waals surface area contributed by atoms with E-state index in [1.807, 2.05) is 0 Å². The van der Waals surface area contributed by atoms with Crippen LogP contribution in [0.4, 0.5) is 0 Å². The van der Waals surface area contributed by atoms with Gasteiger partial charge in [-0.15, -0.1) is 0 Å². The van der Waals surface area contributed by atoms with Gasteiger partial charge in [-0.3, -0.25) is 0 Å². The monoisotopic (exact) mass is 548 g/mol. The number of furan rings is 1. The summed E-state index contributed by atoms with van der Waals surface area (Å²) in [6, 6.07) is 50.6. The van der Waals surface area contributed by atoms with Crippen LogP contribution in [0.1, 0.15) is 23.3 Å².